The fourth-order valence-electron chi connectivity index (χ4n) is 1.91. The highest BCUT2D eigenvalue weighted by Gasteiger charge is 2.27. The van der Waals surface area contributed by atoms with Gasteiger partial charge in [-0.25, -0.2) is 8.42 Å². The molecule has 0 saturated heterocycles. The first-order chi connectivity index (χ1) is 10.7. The van der Waals surface area contributed by atoms with E-state index in [1.165, 1.54) is 0 Å². The molecule has 0 aliphatic heterocycles. The van der Waals surface area contributed by atoms with Crippen LogP contribution in [0.5, 0.6) is 0 Å². The van der Waals surface area contributed by atoms with Gasteiger partial charge in [-0.1, -0.05) is 13.8 Å². The van der Waals surface area contributed by atoms with Crippen molar-refractivity contribution in [2.45, 2.75) is 38.1 Å². The van der Waals surface area contributed by atoms with Gasteiger partial charge in [0.15, 0.2) is 0 Å². The van der Waals surface area contributed by atoms with Gasteiger partial charge in [0.05, 0.1) is 16.4 Å². The Morgan fingerprint density at radius 3 is 2.30 bits per heavy atom. The quantitative estimate of drug-likeness (QED) is 0.437. The summed E-state index contributed by atoms with van der Waals surface area (Å²) in [4.78, 5) is 21.7. The maximum Gasteiger partial charge on any atom is 0.324 e. The van der Waals surface area contributed by atoms with Gasteiger partial charge < -0.3 is 4.74 Å². The number of nitro groups is 1. The Morgan fingerprint density at radius 1 is 1.30 bits per heavy atom. The number of nitro benzene ring substituents is 1. The maximum absolute atomic E-state index is 12.3. The Morgan fingerprint density at radius 2 is 1.87 bits per heavy atom. The normalized spacial score (nSPS) is 12.9. The lowest BCUT2D eigenvalue weighted by atomic mass is 10.1. The van der Waals surface area contributed by atoms with Crippen LogP contribution < -0.4 is 4.72 Å². The summed E-state index contributed by atoms with van der Waals surface area (Å²) in [6, 6.07) is 3.43. The summed E-state index contributed by atoms with van der Waals surface area (Å²) in [5.41, 5.74) is -0.215. The van der Waals surface area contributed by atoms with Crippen LogP contribution in [0.2, 0.25) is 0 Å². The minimum atomic E-state index is -3.98. The van der Waals surface area contributed by atoms with E-state index in [1.54, 1.807) is 6.92 Å². The predicted molar refractivity (Wildman–Crippen MR) is 83.3 cm³/mol. The number of esters is 1. The van der Waals surface area contributed by atoms with Gasteiger partial charge in [0.25, 0.3) is 5.69 Å². The van der Waals surface area contributed by atoms with E-state index in [2.05, 4.69) is 4.72 Å². The number of carbonyl (C=O) groups excluding carboxylic acids is 1. The number of nitrogens with zero attached hydrogens (tertiary/aromatic N) is 1. The lowest BCUT2D eigenvalue weighted by Crippen LogP contribution is -2.42. The van der Waals surface area contributed by atoms with Gasteiger partial charge in [-0.15, -0.1) is 0 Å². The molecular weight excluding hydrogens is 324 g/mol. The average molecular weight is 344 g/mol. The van der Waals surface area contributed by atoms with Crippen LogP contribution in [0.3, 0.4) is 0 Å². The highest BCUT2D eigenvalue weighted by atomic mass is 32.2. The molecule has 1 N–H and O–H groups in total. The van der Waals surface area contributed by atoms with Crippen molar-refractivity contribution in [2.75, 3.05) is 6.61 Å². The Balaban J connectivity index is 3.00. The van der Waals surface area contributed by atoms with Crippen LogP contribution in [0.15, 0.2) is 29.2 Å². The average Bonchev–Trinajstić information content (AvgIpc) is 2.46. The van der Waals surface area contributed by atoms with Gasteiger partial charge in [-0.05, 0) is 31.4 Å². The van der Waals surface area contributed by atoms with Crippen LogP contribution in [0.1, 0.15) is 27.2 Å². The summed E-state index contributed by atoms with van der Waals surface area (Å²) < 4.78 is 31.8. The van der Waals surface area contributed by atoms with Gasteiger partial charge in [0.2, 0.25) is 10.0 Å². The zero-order chi connectivity index (χ0) is 17.6. The zero-order valence-corrected chi connectivity index (χ0v) is 14.0. The maximum atomic E-state index is 12.3. The monoisotopic (exact) mass is 344 g/mol. The number of sulfonamides is 1. The van der Waals surface area contributed by atoms with E-state index in [0.29, 0.717) is 0 Å². The van der Waals surface area contributed by atoms with Gasteiger partial charge in [-0.2, -0.15) is 4.72 Å². The number of rotatable bonds is 8. The van der Waals surface area contributed by atoms with Gasteiger partial charge in [0.1, 0.15) is 6.04 Å². The van der Waals surface area contributed by atoms with Crippen molar-refractivity contribution in [3.05, 3.63) is 34.4 Å². The fraction of sp³-hybridized carbons (Fsp3) is 0.500. The predicted octanol–water partition coefficient (Wildman–Crippen LogP) is 1.85. The highest BCUT2D eigenvalue weighted by molar-refractivity contribution is 7.89. The molecule has 0 saturated carbocycles. The number of hydrogen-bond acceptors (Lipinski definition) is 6. The Bertz CT molecular complexity index is 654. The van der Waals surface area contributed by atoms with Crippen molar-refractivity contribution in [2.24, 2.45) is 5.92 Å². The number of benzene rings is 1. The minimum Gasteiger partial charge on any atom is -0.465 e. The van der Waals surface area contributed by atoms with Gasteiger partial charge in [-0.3, -0.25) is 14.9 Å². The molecule has 0 radical (unpaired) electrons. The third-order valence-electron chi connectivity index (χ3n) is 2.93. The zero-order valence-electron chi connectivity index (χ0n) is 13.2. The molecule has 0 aliphatic rings. The largest absolute Gasteiger partial charge is 0.465 e. The van der Waals surface area contributed by atoms with Crippen molar-refractivity contribution in [1.82, 2.24) is 4.72 Å². The lowest BCUT2D eigenvalue weighted by Gasteiger charge is -2.19. The van der Waals surface area contributed by atoms with Crippen molar-refractivity contribution >= 4 is 21.7 Å². The van der Waals surface area contributed by atoms with E-state index < -0.39 is 27.0 Å². The summed E-state index contributed by atoms with van der Waals surface area (Å²) in [6.45, 7) is 5.49. The molecule has 0 aliphatic carbocycles. The summed E-state index contributed by atoms with van der Waals surface area (Å²) in [5, 5.41) is 10.6. The SMILES string of the molecule is CCOC(=O)[C@H](CC(C)C)NS(=O)(=O)c1ccc([N+](=O)[O-])cc1. The molecule has 23 heavy (non-hydrogen) atoms. The van der Waals surface area contributed by atoms with Crippen LogP contribution in [-0.4, -0.2) is 32.0 Å². The Kier molecular flexibility index (Phi) is 6.64. The molecule has 0 bridgehead atoms. The molecule has 0 amide bonds. The van der Waals surface area contributed by atoms with E-state index in [9.17, 15) is 23.3 Å². The Hall–Kier alpha value is -2.00. The molecular formula is C14H20N2O6S. The number of nitrogens with one attached hydrogen (secondary N) is 1. The minimum absolute atomic E-state index is 0.0731. The third-order valence-corrected chi connectivity index (χ3v) is 4.42. The van der Waals surface area contributed by atoms with E-state index in [1.807, 2.05) is 13.8 Å². The van der Waals surface area contributed by atoms with Crippen molar-refractivity contribution in [3.63, 3.8) is 0 Å². The van der Waals surface area contributed by atoms with Crippen molar-refractivity contribution in [1.29, 1.82) is 0 Å². The first-order valence-electron chi connectivity index (χ1n) is 7.10. The van der Waals surface area contributed by atoms with E-state index >= 15 is 0 Å². The van der Waals surface area contributed by atoms with Crippen molar-refractivity contribution < 1.29 is 22.9 Å². The summed E-state index contributed by atoms with van der Waals surface area (Å²) in [6.07, 6.45) is 0.283. The molecule has 0 spiro atoms. The molecule has 0 aromatic heterocycles. The smallest absolute Gasteiger partial charge is 0.324 e. The molecule has 1 aromatic carbocycles. The van der Waals surface area contributed by atoms with Crippen LogP contribution in [0.4, 0.5) is 5.69 Å². The molecule has 1 aromatic rings. The first-order valence-corrected chi connectivity index (χ1v) is 8.59. The van der Waals surface area contributed by atoms with Crippen LogP contribution in [-0.2, 0) is 19.6 Å². The van der Waals surface area contributed by atoms with Crippen LogP contribution in [0, 0.1) is 16.0 Å². The number of carbonyl (C=O) groups is 1. The molecule has 0 unspecified atom stereocenters. The van der Waals surface area contributed by atoms with E-state index in [-0.39, 0.29) is 29.5 Å². The molecule has 1 atom stereocenters. The standard InChI is InChI=1S/C14H20N2O6S/c1-4-22-14(17)13(9-10(2)3)15-23(20,21)12-7-5-11(6-8-12)16(18)19/h5-8,10,13,15H,4,9H2,1-3H3/t13-/m0/s1. The molecule has 0 heterocycles. The molecule has 128 valence electrons. The summed E-state index contributed by atoms with van der Waals surface area (Å²) >= 11 is 0. The molecule has 0 fully saturated rings. The Labute approximate surface area is 135 Å². The number of hydrogen-bond donors (Lipinski definition) is 1. The topological polar surface area (TPSA) is 116 Å². The van der Waals surface area contributed by atoms with Crippen molar-refractivity contribution in [3.8, 4) is 0 Å². The second-order valence-electron chi connectivity index (χ2n) is 5.31. The van der Waals surface area contributed by atoms with Gasteiger partial charge in [0, 0.05) is 12.1 Å². The first kappa shape index (κ1) is 19.0. The molecule has 8 nitrogen and oxygen atoms in total. The molecule has 1 rings (SSSR count). The third kappa shape index (κ3) is 5.61. The highest BCUT2D eigenvalue weighted by Crippen LogP contribution is 2.17. The number of non-ortho nitro benzene ring substituents is 1. The number of ether oxygens (including phenoxy) is 1. The second-order valence-corrected chi connectivity index (χ2v) is 7.02. The van der Waals surface area contributed by atoms with E-state index in [0.717, 1.165) is 24.3 Å². The molecule has 9 heteroatoms. The van der Waals surface area contributed by atoms with Gasteiger partial charge >= 0.3 is 5.97 Å². The van der Waals surface area contributed by atoms with Crippen LogP contribution >= 0.6 is 0 Å². The fourth-order valence-corrected chi connectivity index (χ4v) is 3.11. The van der Waals surface area contributed by atoms with Crippen LogP contribution in [0.25, 0.3) is 0 Å². The lowest BCUT2D eigenvalue weighted by molar-refractivity contribution is -0.384. The second kappa shape index (κ2) is 8.02. The summed E-state index contributed by atoms with van der Waals surface area (Å²) in [7, 11) is -3.98. The van der Waals surface area contributed by atoms with E-state index in [4.69, 9.17) is 4.74 Å². The summed E-state index contributed by atoms with van der Waals surface area (Å²) in [5.74, 6) is -0.573.